The number of hydrogen-bond acceptors (Lipinski definition) is 10. The van der Waals surface area contributed by atoms with Gasteiger partial charge in [-0.05, 0) is 98.7 Å². The Bertz CT molecular complexity index is 1330. The van der Waals surface area contributed by atoms with Crippen LogP contribution in [0.25, 0.3) is 0 Å². The lowest BCUT2D eigenvalue weighted by molar-refractivity contribution is -0.340. The molecular weight excluding hydrogens is 624 g/mol. The first-order valence-electron chi connectivity index (χ1n) is 17.7. The normalized spacial score (nSPS) is 52.9. The van der Waals surface area contributed by atoms with Gasteiger partial charge < -0.3 is 50.3 Å². The quantitative estimate of drug-likeness (QED) is 0.150. The van der Waals surface area contributed by atoms with Crippen molar-refractivity contribution < 1.29 is 59.9 Å². The molecule has 8 N–H and O–H groups in total. The highest BCUT2D eigenvalue weighted by molar-refractivity contribution is 5.77. The van der Waals surface area contributed by atoms with E-state index in [9.17, 15) is 50.4 Å². The van der Waals surface area contributed by atoms with E-state index in [0.717, 1.165) is 18.4 Å². The van der Waals surface area contributed by atoms with E-state index < -0.39 is 94.5 Å². The molecule has 1 heterocycles. The van der Waals surface area contributed by atoms with Gasteiger partial charge in [-0.25, -0.2) is 0 Å². The summed E-state index contributed by atoms with van der Waals surface area (Å²) in [5, 5.41) is 85.8. The van der Waals surface area contributed by atoms with Gasteiger partial charge in [0.1, 0.15) is 30.5 Å². The molecule has 0 bridgehead atoms. The van der Waals surface area contributed by atoms with Crippen LogP contribution in [0.15, 0.2) is 11.6 Å². The van der Waals surface area contributed by atoms with Crippen molar-refractivity contribution in [1.82, 2.24) is 0 Å². The first-order chi connectivity index (χ1) is 22.3. The Morgan fingerprint density at radius 2 is 1.52 bits per heavy atom. The fourth-order valence-corrected chi connectivity index (χ4v) is 12.4. The molecule has 0 amide bonds. The van der Waals surface area contributed by atoms with Gasteiger partial charge in [0.2, 0.25) is 0 Å². The molecule has 48 heavy (non-hydrogen) atoms. The molecule has 1 aliphatic heterocycles. The van der Waals surface area contributed by atoms with E-state index >= 15 is 0 Å². The highest BCUT2D eigenvalue weighted by Gasteiger charge is 2.73. The monoisotopic (exact) mass is 680 g/mol. The molecule has 0 radical (unpaired) electrons. The van der Waals surface area contributed by atoms with E-state index in [4.69, 9.17) is 9.47 Å². The van der Waals surface area contributed by atoms with Crippen LogP contribution in [0, 0.1) is 50.2 Å². The number of rotatable bonds is 6. The molecule has 0 aromatic carbocycles. The van der Waals surface area contributed by atoms with Crippen LogP contribution in [-0.2, 0) is 19.1 Å². The Morgan fingerprint density at radius 1 is 0.854 bits per heavy atom. The Labute approximate surface area is 282 Å². The van der Waals surface area contributed by atoms with Crippen LogP contribution in [0.5, 0.6) is 0 Å². The number of hydrogen-bond donors (Lipinski definition) is 8. The maximum absolute atomic E-state index is 13.4. The van der Waals surface area contributed by atoms with Gasteiger partial charge in [0.05, 0.1) is 30.1 Å². The van der Waals surface area contributed by atoms with Gasteiger partial charge in [-0.15, -0.1) is 0 Å². The van der Waals surface area contributed by atoms with Crippen molar-refractivity contribution in [2.75, 3.05) is 13.2 Å². The lowest BCUT2D eigenvalue weighted by atomic mass is 9.33. The van der Waals surface area contributed by atoms with Crippen LogP contribution in [0.3, 0.4) is 0 Å². The molecule has 6 aliphatic rings. The molecule has 0 spiro atoms. The smallest absolute Gasteiger partial charge is 0.312 e. The van der Waals surface area contributed by atoms with E-state index in [2.05, 4.69) is 26.8 Å². The molecule has 0 aromatic heterocycles. The zero-order chi connectivity index (χ0) is 35.4. The highest BCUT2D eigenvalue weighted by Crippen LogP contribution is 2.76. The van der Waals surface area contributed by atoms with Gasteiger partial charge in [0.15, 0.2) is 6.29 Å². The third-order valence-corrected chi connectivity index (χ3v) is 15.2. The summed E-state index contributed by atoms with van der Waals surface area (Å²) in [6.07, 6.45) is -3.56. The molecule has 272 valence electrons. The zero-order valence-corrected chi connectivity index (χ0v) is 28.8. The summed E-state index contributed by atoms with van der Waals surface area (Å²) < 4.78 is 11.7. The summed E-state index contributed by atoms with van der Waals surface area (Å²) in [6, 6.07) is 0. The average Bonchev–Trinajstić information content (AvgIpc) is 3.01. The lowest BCUT2D eigenvalue weighted by Gasteiger charge is -2.71. The number of aliphatic hydroxyl groups is 6. The van der Waals surface area contributed by atoms with E-state index in [-0.39, 0.29) is 30.3 Å². The van der Waals surface area contributed by atoms with Crippen molar-refractivity contribution in [2.45, 2.75) is 135 Å². The van der Waals surface area contributed by atoms with Crippen LogP contribution in [0.4, 0.5) is 0 Å². The number of carbonyl (C=O) groups is 2. The van der Waals surface area contributed by atoms with Crippen LogP contribution in [-0.4, -0.2) is 109 Å². The van der Waals surface area contributed by atoms with Crippen LogP contribution >= 0.6 is 0 Å². The highest BCUT2D eigenvalue weighted by atomic mass is 16.7. The predicted octanol–water partition coefficient (Wildman–Crippen LogP) is 2.07. The van der Waals surface area contributed by atoms with Crippen molar-refractivity contribution >= 4 is 11.9 Å². The van der Waals surface area contributed by atoms with Gasteiger partial charge in [-0.1, -0.05) is 39.3 Å². The molecule has 12 nitrogen and oxygen atoms in total. The standard InChI is InChI=1S/C36H56O12/c1-31(2)10-11-35(30(45)46)12-13-36(17-38)18(19(35)14-31)6-7-22-32(3)15-20(39)27(34(5,29(43)44)23(32)8-9-33(22,36)4)48-28-26(42)25(41)24(40)21(16-37)47-28/h6,19-28,37-42H,7-17H2,1-5H3,(H,43,44)(H,45,46)/t19-,20-,21+,22+,23+,24+,25-,26+,27-,28-,32+,33+,34-,35-,36-/m0/s1. The zero-order valence-electron chi connectivity index (χ0n) is 28.8. The first kappa shape index (κ1) is 36.2. The Balaban J connectivity index is 1.38. The summed E-state index contributed by atoms with van der Waals surface area (Å²) >= 11 is 0. The van der Waals surface area contributed by atoms with Crippen LogP contribution in [0.1, 0.15) is 92.4 Å². The molecule has 4 saturated carbocycles. The lowest BCUT2D eigenvalue weighted by Crippen LogP contribution is -2.71. The van der Waals surface area contributed by atoms with Gasteiger partial charge in [-0.2, -0.15) is 0 Å². The second-order valence-corrected chi connectivity index (χ2v) is 17.7. The van der Waals surface area contributed by atoms with Gasteiger partial charge in [0.25, 0.3) is 0 Å². The minimum Gasteiger partial charge on any atom is -0.481 e. The van der Waals surface area contributed by atoms with Crippen molar-refractivity contribution in [2.24, 2.45) is 50.2 Å². The maximum Gasteiger partial charge on any atom is 0.312 e. The average molecular weight is 681 g/mol. The van der Waals surface area contributed by atoms with E-state index in [0.29, 0.717) is 38.5 Å². The minimum atomic E-state index is -1.75. The topological polar surface area (TPSA) is 214 Å². The third kappa shape index (κ3) is 4.69. The maximum atomic E-state index is 13.4. The molecule has 15 atom stereocenters. The molecule has 0 unspecified atom stereocenters. The molecule has 6 rings (SSSR count). The Hall–Kier alpha value is -1.64. The van der Waals surface area contributed by atoms with Crippen molar-refractivity contribution in [3.05, 3.63) is 11.6 Å². The predicted molar refractivity (Wildman–Crippen MR) is 170 cm³/mol. The van der Waals surface area contributed by atoms with Gasteiger partial charge in [0, 0.05) is 5.41 Å². The molecular formula is C36H56O12. The number of aliphatic hydroxyl groups excluding tert-OH is 6. The van der Waals surface area contributed by atoms with Crippen LogP contribution < -0.4 is 0 Å². The number of ether oxygens (including phenoxy) is 2. The number of carboxylic acid groups (broad SMARTS) is 2. The minimum absolute atomic E-state index is 0.0445. The Kier molecular flexibility index (Phi) is 8.81. The second kappa shape index (κ2) is 11.7. The van der Waals surface area contributed by atoms with E-state index in [1.807, 2.05) is 6.92 Å². The van der Waals surface area contributed by atoms with Crippen molar-refractivity contribution in [3.63, 3.8) is 0 Å². The van der Waals surface area contributed by atoms with Gasteiger partial charge >= 0.3 is 11.9 Å². The number of allylic oxidation sites excluding steroid dienone is 1. The third-order valence-electron chi connectivity index (χ3n) is 15.2. The summed E-state index contributed by atoms with van der Waals surface area (Å²) in [5.74, 6) is -2.81. The molecule has 0 aromatic rings. The van der Waals surface area contributed by atoms with Crippen molar-refractivity contribution in [1.29, 1.82) is 0 Å². The van der Waals surface area contributed by atoms with E-state index in [1.54, 1.807) is 6.92 Å². The summed E-state index contributed by atoms with van der Waals surface area (Å²) in [7, 11) is 0. The second-order valence-electron chi connectivity index (χ2n) is 17.7. The van der Waals surface area contributed by atoms with Gasteiger partial charge in [-0.3, -0.25) is 9.59 Å². The van der Waals surface area contributed by atoms with Crippen molar-refractivity contribution in [3.8, 4) is 0 Å². The number of fused-ring (bicyclic) bond motifs is 7. The summed E-state index contributed by atoms with van der Waals surface area (Å²) in [4.78, 5) is 26.3. The fraction of sp³-hybridized carbons (Fsp3) is 0.889. The molecule has 5 fully saturated rings. The largest absolute Gasteiger partial charge is 0.481 e. The molecule has 5 aliphatic carbocycles. The van der Waals surface area contributed by atoms with E-state index in [1.165, 1.54) is 0 Å². The summed E-state index contributed by atoms with van der Waals surface area (Å²) in [6.45, 7) is 9.33. The molecule has 1 saturated heterocycles. The SMILES string of the molecule is CC1(C)CC[C@]2(C(=O)O)CC[C@]3(CO)C(=CC[C@@H]4[C@@]5(C)C[C@H](O)[C@H](O[C@@H]6O[C@H](CO)[C@@H](O)[C@H](O)[C@H]6O)[C@@](C)(C(=O)O)[C@@H]5CC[C@]43C)[C@@H]2C1. The Morgan fingerprint density at radius 3 is 2.12 bits per heavy atom. The number of aliphatic carboxylic acids is 2. The fourth-order valence-electron chi connectivity index (χ4n) is 12.4. The number of carboxylic acids is 2. The summed E-state index contributed by atoms with van der Waals surface area (Å²) in [5.41, 5.74) is -3.46. The van der Waals surface area contributed by atoms with Crippen LogP contribution in [0.2, 0.25) is 0 Å². The first-order valence-corrected chi connectivity index (χ1v) is 17.7. The molecule has 12 heteroatoms.